The van der Waals surface area contributed by atoms with E-state index in [1.165, 1.54) is 5.56 Å². The molecule has 3 aromatic carbocycles. The lowest BCUT2D eigenvalue weighted by atomic mass is 10.1. The number of ether oxygens (including phenoxy) is 3. The number of aryl methyl sites for hydroxylation is 1. The molecular formula is C28H32N2O5. The first-order chi connectivity index (χ1) is 17.0. The molecule has 0 aliphatic carbocycles. The molecule has 3 aromatic rings. The van der Waals surface area contributed by atoms with Crippen molar-refractivity contribution in [2.75, 3.05) is 32.7 Å². The van der Waals surface area contributed by atoms with Crippen molar-refractivity contribution in [3.8, 4) is 17.2 Å². The number of hydrogen-bond donors (Lipinski definition) is 2. The Morgan fingerprint density at radius 1 is 0.886 bits per heavy atom. The maximum absolute atomic E-state index is 12.8. The fourth-order valence-corrected chi connectivity index (χ4v) is 3.51. The molecule has 0 aromatic heterocycles. The van der Waals surface area contributed by atoms with Gasteiger partial charge in [0.25, 0.3) is 5.91 Å². The average Bonchev–Trinajstić information content (AvgIpc) is 2.87. The molecule has 2 amide bonds. The smallest absolute Gasteiger partial charge is 0.253 e. The zero-order valence-electron chi connectivity index (χ0n) is 20.4. The highest BCUT2D eigenvalue weighted by Crippen LogP contribution is 2.27. The Labute approximate surface area is 206 Å². The van der Waals surface area contributed by atoms with Gasteiger partial charge in [0.15, 0.2) is 11.5 Å². The highest BCUT2D eigenvalue weighted by molar-refractivity contribution is 6.03. The maximum atomic E-state index is 12.8. The van der Waals surface area contributed by atoms with Crippen LogP contribution in [0.2, 0.25) is 0 Å². The number of carbonyl (C=O) groups excluding carboxylic acids is 2. The molecule has 0 atom stereocenters. The zero-order valence-corrected chi connectivity index (χ0v) is 20.4. The molecule has 7 heteroatoms. The van der Waals surface area contributed by atoms with E-state index in [0.29, 0.717) is 55.2 Å². The van der Waals surface area contributed by atoms with E-state index in [9.17, 15) is 9.59 Å². The summed E-state index contributed by atoms with van der Waals surface area (Å²) >= 11 is 0. The maximum Gasteiger partial charge on any atom is 0.253 e. The van der Waals surface area contributed by atoms with Gasteiger partial charge in [0.2, 0.25) is 5.91 Å². The molecule has 0 spiro atoms. The number of nitrogens with one attached hydrogen (secondary N) is 2. The molecule has 0 aliphatic heterocycles. The van der Waals surface area contributed by atoms with Gasteiger partial charge in [-0.1, -0.05) is 35.9 Å². The lowest BCUT2D eigenvalue weighted by Gasteiger charge is -2.12. The summed E-state index contributed by atoms with van der Waals surface area (Å²) < 4.78 is 16.3. The summed E-state index contributed by atoms with van der Waals surface area (Å²) in [6, 6.07) is 20.4. The summed E-state index contributed by atoms with van der Waals surface area (Å²) in [5.74, 6) is 1.68. The predicted molar refractivity (Wildman–Crippen MR) is 137 cm³/mol. The van der Waals surface area contributed by atoms with Gasteiger partial charge in [-0.05, 0) is 61.7 Å². The van der Waals surface area contributed by atoms with E-state index < -0.39 is 0 Å². The van der Waals surface area contributed by atoms with E-state index in [0.717, 1.165) is 11.3 Å². The normalized spacial score (nSPS) is 10.4. The van der Waals surface area contributed by atoms with Crippen LogP contribution in [0.15, 0.2) is 66.7 Å². The lowest BCUT2D eigenvalue weighted by molar-refractivity contribution is -0.116. The molecular weight excluding hydrogens is 444 g/mol. The van der Waals surface area contributed by atoms with Crippen molar-refractivity contribution in [2.45, 2.75) is 26.2 Å². The minimum Gasteiger partial charge on any atom is -0.494 e. The Morgan fingerprint density at radius 2 is 1.63 bits per heavy atom. The van der Waals surface area contributed by atoms with Crippen molar-refractivity contribution in [3.63, 3.8) is 0 Å². The van der Waals surface area contributed by atoms with Gasteiger partial charge in [-0.3, -0.25) is 9.59 Å². The largest absolute Gasteiger partial charge is 0.494 e. The van der Waals surface area contributed by atoms with Gasteiger partial charge in [-0.15, -0.1) is 0 Å². The number of rotatable bonds is 12. The second-order valence-corrected chi connectivity index (χ2v) is 8.05. The van der Waals surface area contributed by atoms with Crippen LogP contribution in [0, 0.1) is 6.92 Å². The third-order valence-electron chi connectivity index (χ3n) is 5.43. The van der Waals surface area contributed by atoms with Crippen LogP contribution in [0.1, 0.15) is 34.3 Å². The number of anilines is 1. The Bertz CT molecular complexity index is 1130. The van der Waals surface area contributed by atoms with Gasteiger partial charge in [-0.25, -0.2) is 0 Å². The summed E-state index contributed by atoms with van der Waals surface area (Å²) in [5.41, 5.74) is 3.09. The third kappa shape index (κ3) is 7.78. The Morgan fingerprint density at radius 3 is 2.37 bits per heavy atom. The van der Waals surface area contributed by atoms with Crippen LogP contribution >= 0.6 is 0 Å². The summed E-state index contributed by atoms with van der Waals surface area (Å²) in [5, 5.41) is 5.77. The van der Waals surface area contributed by atoms with Crippen molar-refractivity contribution < 1.29 is 23.8 Å². The first-order valence-electron chi connectivity index (χ1n) is 11.6. The van der Waals surface area contributed by atoms with Gasteiger partial charge >= 0.3 is 0 Å². The minimum absolute atomic E-state index is 0.164. The molecule has 2 N–H and O–H groups in total. The van der Waals surface area contributed by atoms with Gasteiger partial charge in [0.1, 0.15) is 5.75 Å². The number of amides is 2. The molecule has 0 saturated heterocycles. The van der Waals surface area contributed by atoms with Crippen molar-refractivity contribution in [3.05, 3.63) is 83.4 Å². The Balaban J connectivity index is 1.47. The van der Waals surface area contributed by atoms with Crippen LogP contribution in [0.3, 0.4) is 0 Å². The quantitative estimate of drug-likeness (QED) is 0.368. The number of benzene rings is 3. The SMILES string of the molecule is COc1ccc(CCNC(=O)c2ccccc2NC(=O)CCCOc2ccc(C)cc2)cc1OC. The molecule has 0 unspecified atom stereocenters. The van der Waals surface area contributed by atoms with Crippen molar-refractivity contribution in [1.82, 2.24) is 5.32 Å². The van der Waals surface area contributed by atoms with Crippen molar-refractivity contribution in [1.29, 1.82) is 0 Å². The highest BCUT2D eigenvalue weighted by atomic mass is 16.5. The molecule has 0 fully saturated rings. The highest BCUT2D eigenvalue weighted by Gasteiger charge is 2.13. The molecule has 35 heavy (non-hydrogen) atoms. The van der Waals surface area contributed by atoms with Crippen LogP contribution in [-0.2, 0) is 11.2 Å². The zero-order chi connectivity index (χ0) is 25.0. The minimum atomic E-state index is -0.246. The standard InChI is InChI=1S/C28H32N2O5/c1-20-10-13-22(14-11-20)35-18-6-9-27(31)30-24-8-5-4-7-23(24)28(32)29-17-16-21-12-15-25(33-2)26(19-21)34-3/h4-5,7-8,10-15,19H,6,9,16-18H2,1-3H3,(H,29,32)(H,30,31). The molecule has 0 radical (unpaired) electrons. The molecule has 7 nitrogen and oxygen atoms in total. The van der Waals surface area contributed by atoms with Gasteiger partial charge in [-0.2, -0.15) is 0 Å². The van der Waals surface area contributed by atoms with Crippen LogP contribution in [0.4, 0.5) is 5.69 Å². The first kappa shape index (κ1) is 25.6. The summed E-state index contributed by atoms with van der Waals surface area (Å²) in [4.78, 5) is 25.2. The number of methoxy groups -OCH3 is 2. The monoisotopic (exact) mass is 476 g/mol. The fraction of sp³-hybridized carbons (Fsp3) is 0.286. The molecule has 184 valence electrons. The van der Waals surface area contributed by atoms with Crippen molar-refractivity contribution in [2.24, 2.45) is 0 Å². The first-order valence-corrected chi connectivity index (χ1v) is 11.6. The van der Waals surface area contributed by atoms with Gasteiger partial charge < -0.3 is 24.8 Å². The second-order valence-electron chi connectivity index (χ2n) is 8.05. The van der Waals surface area contributed by atoms with Gasteiger partial charge in [0, 0.05) is 13.0 Å². The molecule has 0 heterocycles. The Kier molecular flexibility index (Phi) is 9.54. The number of para-hydroxylation sites is 1. The molecule has 0 saturated carbocycles. The topological polar surface area (TPSA) is 85.9 Å². The van der Waals surface area contributed by atoms with Crippen molar-refractivity contribution >= 4 is 17.5 Å². The fourth-order valence-electron chi connectivity index (χ4n) is 3.51. The van der Waals surface area contributed by atoms with E-state index in [1.54, 1.807) is 38.5 Å². The van der Waals surface area contributed by atoms with Crippen LogP contribution in [0.5, 0.6) is 17.2 Å². The van der Waals surface area contributed by atoms with E-state index in [4.69, 9.17) is 14.2 Å². The number of hydrogen-bond acceptors (Lipinski definition) is 5. The lowest BCUT2D eigenvalue weighted by Crippen LogP contribution is -2.27. The summed E-state index contributed by atoms with van der Waals surface area (Å²) in [7, 11) is 3.18. The predicted octanol–water partition coefficient (Wildman–Crippen LogP) is 4.78. The van der Waals surface area contributed by atoms with Crippen LogP contribution < -0.4 is 24.8 Å². The third-order valence-corrected chi connectivity index (χ3v) is 5.43. The average molecular weight is 477 g/mol. The van der Waals surface area contributed by atoms with E-state index in [1.807, 2.05) is 49.4 Å². The second kappa shape index (κ2) is 13.0. The number of carbonyl (C=O) groups is 2. The van der Waals surface area contributed by atoms with Crippen LogP contribution in [-0.4, -0.2) is 39.2 Å². The summed E-state index contributed by atoms with van der Waals surface area (Å²) in [6.07, 6.45) is 1.49. The summed E-state index contributed by atoms with van der Waals surface area (Å²) in [6.45, 7) is 2.90. The van der Waals surface area contributed by atoms with E-state index in [2.05, 4.69) is 10.6 Å². The molecule has 0 bridgehead atoms. The molecule has 0 aliphatic rings. The van der Waals surface area contributed by atoms with E-state index in [-0.39, 0.29) is 11.8 Å². The Hall–Kier alpha value is -4.00. The van der Waals surface area contributed by atoms with Gasteiger partial charge in [0.05, 0.1) is 32.1 Å². The molecule has 3 rings (SSSR count). The van der Waals surface area contributed by atoms with Crippen LogP contribution in [0.25, 0.3) is 0 Å². The van der Waals surface area contributed by atoms with E-state index >= 15 is 0 Å².